The molecule has 41 heavy (non-hydrogen) atoms. The molecule has 1 heterocycles. The molecule has 3 amide bonds. The summed E-state index contributed by atoms with van der Waals surface area (Å²) in [7, 11) is -4.05. The van der Waals surface area contributed by atoms with Gasteiger partial charge in [0.2, 0.25) is 11.8 Å². The van der Waals surface area contributed by atoms with Crippen LogP contribution in [0.2, 0.25) is 0 Å². The second-order valence-electron chi connectivity index (χ2n) is 10.8. The SMILES string of the molecule is Cc1cccc(CN(C(=O)CCN2C(=O)c3ccccc3S2(=O)=O)[C@@H](Cc2ccccc2)C(=O)NC2CCCC2)c1. The van der Waals surface area contributed by atoms with Crippen LogP contribution >= 0.6 is 0 Å². The van der Waals surface area contributed by atoms with Gasteiger partial charge in [-0.1, -0.05) is 85.1 Å². The van der Waals surface area contributed by atoms with Crippen molar-refractivity contribution in [1.29, 1.82) is 0 Å². The number of hydrogen-bond donors (Lipinski definition) is 1. The monoisotopic (exact) mass is 573 g/mol. The largest absolute Gasteiger partial charge is 0.352 e. The molecule has 9 heteroatoms. The maximum Gasteiger partial charge on any atom is 0.269 e. The van der Waals surface area contributed by atoms with E-state index in [9.17, 15) is 22.8 Å². The molecule has 3 aromatic carbocycles. The molecule has 214 valence electrons. The van der Waals surface area contributed by atoms with Crippen LogP contribution in [-0.4, -0.2) is 54.0 Å². The number of carbonyl (C=O) groups is 3. The van der Waals surface area contributed by atoms with E-state index in [0.717, 1.165) is 46.7 Å². The van der Waals surface area contributed by atoms with Crippen molar-refractivity contribution in [1.82, 2.24) is 14.5 Å². The average molecular weight is 574 g/mol. The van der Waals surface area contributed by atoms with Crippen molar-refractivity contribution < 1.29 is 22.8 Å². The Morgan fingerprint density at radius 2 is 1.63 bits per heavy atom. The first kappa shape index (κ1) is 28.5. The fraction of sp³-hybridized carbons (Fsp3) is 0.344. The van der Waals surface area contributed by atoms with E-state index in [1.165, 1.54) is 12.1 Å². The fourth-order valence-electron chi connectivity index (χ4n) is 5.72. The Balaban J connectivity index is 1.43. The van der Waals surface area contributed by atoms with E-state index in [1.807, 2.05) is 61.5 Å². The number of carbonyl (C=O) groups excluding carboxylic acids is 3. The fourth-order valence-corrected chi connectivity index (χ4v) is 7.29. The smallest absolute Gasteiger partial charge is 0.269 e. The highest BCUT2D eigenvalue weighted by atomic mass is 32.2. The van der Waals surface area contributed by atoms with Crippen molar-refractivity contribution in [3.63, 3.8) is 0 Å². The molecule has 3 aromatic rings. The zero-order valence-electron chi connectivity index (χ0n) is 23.2. The molecule has 1 aliphatic carbocycles. The Kier molecular flexibility index (Phi) is 8.54. The molecule has 1 atom stereocenters. The number of sulfonamides is 1. The molecule has 0 unspecified atom stereocenters. The predicted octanol–water partition coefficient (Wildman–Crippen LogP) is 4.23. The first-order valence-corrected chi connectivity index (χ1v) is 15.5. The van der Waals surface area contributed by atoms with Crippen LogP contribution in [0.4, 0.5) is 0 Å². The van der Waals surface area contributed by atoms with Gasteiger partial charge < -0.3 is 10.2 Å². The molecule has 5 rings (SSSR count). The Morgan fingerprint density at radius 3 is 2.34 bits per heavy atom. The van der Waals surface area contributed by atoms with Gasteiger partial charge in [0.25, 0.3) is 15.9 Å². The molecule has 1 aliphatic heterocycles. The summed E-state index contributed by atoms with van der Waals surface area (Å²) in [6.45, 7) is 1.84. The summed E-state index contributed by atoms with van der Waals surface area (Å²) < 4.78 is 27.0. The minimum atomic E-state index is -4.05. The van der Waals surface area contributed by atoms with Crippen LogP contribution in [0.15, 0.2) is 83.8 Å². The Labute approximate surface area is 241 Å². The lowest BCUT2D eigenvalue weighted by Gasteiger charge is -2.33. The molecule has 8 nitrogen and oxygen atoms in total. The average Bonchev–Trinajstić information content (AvgIpc) is 3.54. The summed E-state index contributed by atoms with van der Waals surface area (Å²) in [6.07, 6.45) is 3.99. The normalized spacial score (nSPS) is 16.8. The highest BCUT2D eigenvalue weighted by Crippen LogP contribution is 2.30. The second-order valence-corrected chi connectivity index (χ2v) is 12.7. The second kappa shape index (κ2) is 12.3. The van der Waals surface area contributed by atoms with Crippen LogP contribution in [0, 0.1) is 6.92 Å². The summed E-state index contributed by atoms with van der Waals surface area (Å²) >= 11 is 0. The molecule has 0 saturated heterocycles. The molecule has 1 fully saturated rings. The third kappa shape index (κ3) is 6.35. The van der Waals surface area contributed by atoms with Gasteiger partial charge in [0.05, 0.1) is 5.56 Å². The summed E-state index contributed by atoms with van der Waals surface area (Å²) in [4.78, 5) is 42.2. The van der Waals surface area contributed by atoms with E-state index in [0.29, 0.717) is 6.42 Å². The summed E-state index contributed by atoms with van der Waals surface area (Å²) in [5.74, 6) is -1.26. The number of amides is 3. The van der Waals surface area contributed by atoms with Crippen molar-refractivity contribution in [3.8, 4) is 0 Å². The molecule has 2 aliphatic rings. The highest BCUT2D eigenvalue weighted by molar-refractivity contribution is 7.90. The van der Waals surface area contributed by atoms with Crippen LogP contribution in [-0.2, 0) is 32.6 Å². The molecule has 1 N–H and O–H groups in total. The van der Waals surface area contributed by atoms with Gasteiger partial charge in [-0.2, -0.15) is 0 Å². The lowest BCUT2D eigenvalue weighted by Crippen LogP contribution is -2.52. The van der Waals surface area contributed by atoms with Gasteiger partial charge in [0, 0.05) is 32.0 Å². The first-order valence-electron chi connectivity index (χ1n) is 14.1. The van der Waals surface area contributed by atoms with Gasteiger partial charge in [-0.25, -0.2) is 12.7 Å². The lowest BCUT2D eigenvalue weighted by molar-refractivity contribution is -0.141. The molecule has 0 spiro atoms. The highest BCUT2D eigenvalue weighted by Gasteiger charge is 2.41. The topological polar surface area (TPSA) is 104 Å². The van der Waals surface area contributed by atoms with Gasteiger partial charge in [-0.15, -0.1) is 0 Å². The van der Waals surface area contributed by atoms with Crippen molar-refractivity contribution in [2.24, 2.45) is 0 Å². The van der Waals surface area contributed by atoms with Gasteiger partial charge in [-0.3, -0.25) is 14.4 Å². The number of rotatable bonds is 10. The minimum absolute atomic E-state index is 0.0491. The number of aryl methyl sites for hydroxylation is 1. The zero-order chi connectivity index (χ0) is 29.0. The number of nitrogens with zero attached hydrogens (tertiary/aromatic N) is 2. The maximum atomic E-state index is 14.0. The van der Waals surface area contributed by atoms with E-state index >= 15 is 0 Å². The van der Waals surface area contributed by atoms with Gasteiger partial charge >= 0.3 is 0 Å². The molecule has 1 saturated carbocycles. The lowest BCUT2D eigenvalue weighted by atomic mass is 10.0. The van der Waals surface area contributed by atoms with Gasteiger partial charge in [0.1, 0.15) is 10.9 Å². The number of benzene rings is 3. The van der Waals surface area contributed by atoms with Crippen molar-refractivity contribution in [3.05, 3.63) is 101 Å². The third-order valence-corrected chi connectivity index (χ3v) is 9.69. The molecule has 0 bridgehead atoms. The number of hydrogen-bond acceptors (Lipinski definition) is 5. The van der Waals surface area contributed by atoms with E-state index in [4.69, 9.17) is 0 Å². The van der Waals surface area contributed by atoms with Crippen LogP contribution in [0.25, 0.3) is 0 Å². The standard InChI is InChI=1S/C32H35N3O5S/c1-23-10-9-13-25(20-23)22-34(28(21-24-11-3-2-4-12-24)31(37)33-26-14-5-6-15-26)30(36)18-19-35-32(38)27-16-7-8-17-29(27)41(35,39)40/h2-4,7-13,16-17,20,26,28H,5-6,14-15,18-19,21-22H2,1H3,(H,33,37)/t28-/m0/s1. The zero-order valence-corrected chi connectivity index (χ0v) is 24.0. The van der Waals surface area contributed by atoms with E-state index in [1.54, 1.807) is 17.0 Å². The summed E-state index contributed by atoms with van der Waals surface area (Å²) in [6, 6.07) is 22.6. The Bertz CT molecular complexity index is 1530. The maximum absolute atomic E-state index is 14.0. The quantitative estimate of drug-likeness (QED) is 0.391. The molecular formula is C32H35N3O5S. The van der Waals surface area contributed by atoms with Gasteiger partial charge in [-0.05, 0) is 43.0 Å². The minimum Gasteiger partial charge on any atom is -0.352 e. The molecular weight excluding hydrogens is 538 g/mol. The third-order valence-electron chi connectivity index (χ3n) is 7.85. The number of fused-ring (bicyclic) bond motifs is 1. The van der Waals surface area contributed by atoms with Crippen molar-refractivity contribution >= 4 is 27.7 Å². The Morgan fingerprint density at radius 1 is 0.951 bits per heavy atom. The molecule has 0 aromatic heterocycles. The summed E-state index contributed by atoms with van der Waals surface area (Å²) in [5.41, 5.74) is 2.90. The van der Waals surface area contributed by atoms with Crippen LogP contribution in [0.1, 0.15) is 59.2 Å². The van der Waals surface area contributed by atoms with Crippen LogP contribution in [0.5, 0.6) is 0 Å². The van der Waals surface area contributed by atoms with Crippen molar-refractivity contribution in [2.45, 2.75) is 69.0 Å². The first-order chi connectivity index (χ1) is 19.7. The predicted molar refractivity (Wildman–Crippen MR) is 155 cm³/mol. The molecule has 0 radical (unpaired) electrons. The Hall–Kier alpha value is -3.98. The summed E-state index contributed by atoms with van der Waals surface area (Å²) in [5, 5.41) is 3.17. The van der Waals surface area contributed by atoms with Gasteiger partial charge in [0.15, 0.2) is 0 Å². The van der Waals surface area contributed by atoms with Crippen LogP contribution in [0.3, 0.4) is 0 Å². The van der Waals surface area contributed by atoms with E-state index in [2.05, 4.69) is 5.32 Å². The number of nitrogens with one attached hydrogen (secondary N) is 1. The van der Waals surface area contributed by atoms with Crippen LogP contribution < -0.4 is 5.32 Å². The van der Waals surface area contributed by atoms with E-state index in [-0.39, 0.29) is 41.9 Å². The van der Waals surface area contributed by atoms with E-state index < -0.39 is 27.9 Å². The van der Waals surface area contributed by atoms with Crippen molar-refractivity contribution in [2.75, 3.05) is 6.54 Å².